The van der Waals surface area contributed by atoms with E-state index in [1.165, 1.54) is 11.1 Å². The van der Waals surface area contributed by atoms with Crippen LogP contribution in [0.5, 0.6) is 11.5 Å². The Morgan fingerprint density at radius 3 is 2.70 bits per heavy atom. The second-order valence-corrected chi connectivity index (χ2v) is 5.82. The van der Waals surface area contributed by atoms with Crippen LogP contribution in [-0.4, -0.2) is 17.4 Å². The number of benzene rings is 1. The summed E-state index contributed by atoms with van der Waals surface area (Å²) >= 11 is 0. The molecule has 1 aliphatic carbocycles. The van der Waals surface area contributed by atoms with Crippen molar-refractivity contribution >= 4 is 5.57 Å². The minimum atomic E-state index is 0.150. The molecule has 1 aromatic carbocycles. The van der Waals surface area contributed by atoms with Crippen LogP contribution in [0.2, 0.25) is 0 Å². The van der Waals surface area contributed by atoms with Gasteiger partial charge in [-0.1, -0.05) is 29.8 Å². The average Bonchev–Trinajstić information content (AvgIpc) is 3.04. The summed E-state index contributed by atoms with van der Waals surface area (Å²) in [6, 6.07) is 3.58. The summed E-state index contributed by atoms with van der Waals surface area (Å²) < 4.78 is 10.5. The Morgan fingerprint density at radius 1 is 1.22 bits per heavy atom. The lowest BCUT2D eigenvalue weighted by atomic mass is 9.92. The number of phenols is 1. The summed E-state index contributed by atoms with van der Waals surface area (Å²) in [4.78, 5) is 0. The summed E-state index contributed by atoms with van der Waals surface area (Å²) in [5.74, 6) is 0.839. The maximum absolute atomic E-state index is 10.4. The van der Waals surface area contributed by atoms with Crippen LogP contribution in [0.1, 0.15) is 37.8 Å². The van der Waals surface area contributed by atoms with Gasteiger partial charge in [-0.3, -0.25) is 0 Å². The Labute approximate surface area is 136 Å². The molecule has 0 bridgehead atoms. The van der Waals surface area contributed by atoms with Crippen LogP contribution in [0.15, 0.2) is 40.6 Å². The number of hydrogen-bond donors (Lipinski definition) is 1. The highest BCUT2D eigenvalue weighted by Gasteiger charge is 2.20. The van der Waals surface area contributed by atoms with Crippen LogP contribution in [0.3, 0.4) is 0 Å². The number of aromatic hydroxyl groups is 1. The van der Waals surface area contributed by atoms with E-state index in [9.17, 15) is 5.11 Å². The third kappa shape index (κ3) is 2.89. The monoisotopic (exact) mass is 311 g/mol. The van der Waals surface area contributed by atoms with Gasteiger partial charge in [-0.25, -0.2) is 0 Å². The molecule has 0 saturated heterocycles. The van der Waals surface area contributed by atoms with Crippen molar-refractivity contribution in [2.24, 2.45) is 0 Å². The quantitative estimate of drug-likeness (QED) is 0.886. The molecular weight excluding hydrogens is 290 g/mol. The van der Waals surface area contributed by atoms with E-state index in [2.05, 4.69) is 31.2 Å². The first kappa shape index (κ1) is 15.4. The van der Waals surface area contributed by atoms with E-state index in [1.807, 2.05) is 6.07 Å². The molecule has 0 aliphatic heterocycles. The van der Waals surface area contributed by atoms with Crippen LogP contribution in [-0.2, 0) is 6.42 Å². The number of aryl methyl sites for hydroxylation is 1. The zero-order chi connectivity index (χ0) is 16.4. The zero-order valence-electron chi connectivity index (χ0n) is 13.7. The first-order valence-electron chi connectivity index (χ1n) is 7.85. The molecule has 0 unspecified atom stereocenters. The Morgan fingerprint density at radius 2 is 2.04 bits per heavy atom. The largest absolute Gasteiger partial charge is 0.507 e. The molecule has 1 aliphatic rings. The predicted molar refractivity (Wildman–Crippen MR) is 90.5 cm³/mol. The molecule has 23 heavy (non-hydrogen) atoms. The zero-order valence-corrected chi connectivity index (χ0v) is 13.7. The SMILES string of the molecule is CCc1cc(-c2nocc2C2=CC=C(C)CC2)c(O)cc1OC. The van der Waals surface area contributed by atoms with Gasteiger partial charge >= 0.3 is 0 Å². The minimum Gasteiger partial charge on any atom is -0.507 e. The summed E-state index contributed by atoms with van der Waals surface area (Å²) in [6.45, 7) is 4.18. The van der Waals surface area contributed by atoms with Crippen LogP contribution in [0.25, 0.3) is 16.8 Å². The fraction of sp³-hybridized carbons (Fsp3) is 0.316. The smallest absolute Gasteiger partial charge is 0.131 e. The molecule has 1 aromatic heterocycles. The highest BCUT2D eigenvalue weighted by atomic mass is 16.5. The first-order valence-corrected chi connectivity index (χ1v) is 7.85. The molecule has 0 amide bonds. The fourth-order valence-electron chi connectivity index (χ4n) is 2.89. The molecule has 1 heterocycles. The van der Waals surface area contributed by atoms with E-state index < -0.39 is 0 Å². The highest BCUT2D eigenvalue weighted by Crippen LogP contribution is 2.39. The summed E-state index contributed by atoms with van der Waals surface area (Å²) in [5, 5.41) is 14.5. The molecule has 2 aromatic rings. The average molecular weight is 311 g/mol. The molecule has 0 fully saturated rings. The normalized spacial score (nSPS) is 14.4. The van der Waals surface area contributed by atoms with E-state index >= 15 is 0 Å². The third-order valence-electron chi connectivity index (χ3n) is 4.31. The number of aromatic nitrogens is 1. The minimum absolute atomic E-state index is 0.150. The molecule has 3 rings (SSSR count). The van der Waals surface area contributed by atoms with Gasteiger partial charge in [-0.15, -0.1) is 0 Å². The Kier molecular flexibility index (Phi) is 4.24. The standard InChI is InChI=1S/C19H21NO3/c1-4-13-9-15(17(21)10-18(13)22-3)19-16(11-23-20-19)14-7-5-12(2)6-8-14/h5,7,9-11,21H,4,6,8H2,1-3H3. The van der Waals surface area contributed by atoms with Gasteiger partial charge in [-0.2, -0.15) is 0 Å². The number of phenolic OH excluding ortho intramolecular Hbond substituents is 1. The van der Waals surface area contributed by atoms with Crippen molar-refractivity contribution in [3.8, 4) is 22.8 Å². The molecule has 120 valence electrons. The van der Waals surface area contributed by atoms with Gasteiger partial charge in [0.1, 0.15) is 23.5 Å². The van der Waals surface area contributed by atoms with E-state index in [0.717, 1.165) is 30.4 Å². The number of allylic oxidation sites excluding steroid dienone is 4. The van der Waals surface area contributed by atoms with E-state index in [0.29, 0.717) is 17.0 Å². The van der Waals surface area contributed by atoms with Crippen LogP contribution >= 0.6 is 0 Å². The third-order valence-corrected chi connectivity index (χ3v) is 4.31. The molecule has 4 heteroatoms. The molecule has 0 atom stereocenters. The van der Waals surface area contributed by atoms with Crippen molar-refractivity contribution in [3.05, 3.63) is 47.2 Å². The second kappa shape index (κ2) is 6.32. The Bertz CT molecular complexity index is 784. The van der Waals surface area contributed by atoms with E-state index in [1.54, 1.807) is 19.4 Å². The first-order chi connectivity index (χ1) is 11.1. The van der Waals surface area contributed by atoms with Gasteiger partial charge in [0.25, 0.3) is 0 Å². The molecule has 4 nitrogen and oxygen atoms in total. The molecular formula is C19H21NO3. The van der Waals surface area contributed by atoms with Crippen molar-refractivity contribution in [3.63, 3.8) is 0 Å². The summed E-state index contributed by atoms with van der Waals surface area (Å²) in [5.41, 5.74) is 5.88. The van der Waals surface area contributed by atoms with Gasteiger partial charge in [0.05, 0.1) is 7.11 Å². The van der Waals surface area contributed by atoms with E-state index in [-0.39, 0.29) is 5.75 Å². The van der Waals surface area contributed by atoms with Gasteiger partial charge in [0, 0.05) is 17.2 Å². The maximum atomic E-state index is 10.4. The lowest BCUT2D eigenvalue weighted by Gasteiger charge is -2.14. The van der Waals surface area contributed by atoms with Crippen molar-refractivity contribution in [1.29, 1.82) is 0 Å². The van der Waals surface area contributed by atoms with Crippen LogP contribution in [0.4, 0.5) is 0 Å². The fourth-order valence-corrected chi connectivity index (χ4v) is 2.89. The predicted octanol–water partition coefficient (Wildman–Crippen LogP) is 4.74. The Balaban J connectivity index is 2.09. The number of rotatable bonds is 4. The number of nitrogens with zero attached hydrogens (tertiary/aromatic N) is 1. The van der Waals surface area contributed by atoms with Crippen molar-refractivity contribution < 1.29 is 14.4 Å². The molecule has 0 radical (unpaired) electrons. The summed E-state index contributed by atoms with van der Waals surface area (Å²) in [7, 11) is 1.61. The lowest BCUT2D eigenvalue weighted by molar-refractivity contribution is 0.403. The second-order valence-electron chi connectivity index (χ2n) is 5.82. The van der Waals surface area contributed by atoms with E-state index in [4.69, 9.17) is 9.26 Å². The Hall–Kier alpha value is -2.49. The molecule has 1 N–H and O–H groups in total. The van der Waals surface area contributed by atoms with Crippen molar-refractivity contribution in [2.45, 2.75) is 33.1 Å². The number of methoxy groups -OCH3 is 1. The van der Waals surface area contributed by atoms with Crippen molar-refractivity contribution in [2.75, 3.05) is 7.11 Å². The number of hydrogen-bond acceptors (Lipinski definition) is 4. The van der Waals surface area contributed by atoms with Gasteiger partial charge in [-0.05, 0) is 43.4 Å². The van der Waals surface area contributed by atoms with Crippen molar-refractivity contribution in [1.82, 2.24) is 5.16 Å². The van der Waals surface area contributed by atoms with Crippen LogP contribution < -0.4 is 4.74 Å². The molecule has 0 spiro atoms. The van der Waals surface area contributed by atoms with Gasteiger partial charge in [0.15, 0.2) is 0 Å². The van der Waals surface area contributed by atoms with Gasteiger partial charge in [0.2, 0.25) is 0 Å². The summed E-state index contributed by atoms with van der Waals surface area (Å²) in [6.07, 6.45) is 8.69. The number of ether oxygens (including phenoxy) is 1. The highest BCUT2D eigenvalue weighted by molar-refractivity contribution is 5.82. The van der Waals surface area contributed by atoms with Gasteiger partial charge < -0.3 is 14.4 Å². The maximum Gasteiger partial charge on any atom is 0.131 e. The lowest BCUT2D eigenvalue weighted by Crippen LogP contribution is -1.95. The molecule has 0 saturated carbocycles. The topological polar surface area (TPSA) is 55.5 Å². The van der Waals surface area contributed by atoms with Crippen LogP contribution in [0, 0.1) is 0 Å².